The van der Waals surface area contributed by atoms with Crippen molar-refractivity contribution < 1.29 is 13.2 Å². The summed E-state index contributed by atoms with van der Waals surface area (Å²) in [5.41, 5.74) is 2.68. The van der Waals surface area contributed by atoms with Gasteiger partial charge in [-0.25, -0.2) is 8.42 Å². The number of amides is 1. The minimum absolute atomic E-state index is 0.0780. The van der Waals surface area contributed by atoms with Gasteiger partial charge in [-0.1, -0.05) is 24.6 Å². The number of nitrogens with one attached hydrogen (secondary N) is 1. The van der Waals surface area contributed by atoms with E-state index in [1.54, 1.807) is 23.1 Å². The Hall–Kier alpha value is -2.09. The predicted molar refractivity (Wildman–Crippen MR) is 116 cm³/mol. The van der Waals surface area contributed by atoms with E-state index >= 15 is 0 Å². The van der Waals surface area contributed by atoms with Crippen molar-refractivity contribution in [2.75, 3.05) is 37.4 Å². The van der Waals surface area contributed by atoms with Crippen LogP contribution >= 0.6 is 11.6 Å². The number of likely N-dealkylation sites (N-methyl/N-ethyl adjacent to an activating group) is 1. The van der Waals surface area contributed by atoms with Gasteiger partial charge in [-0.3, -0.25) is 9.52 Å². The third-order valence-corrected chi connectivity index (χ3v) is 6.91. The minimum atomic E-state index is -3.94. The first-order valence-corrected chi connectivity index (χ1v) is 11.5. The van der Waals surface area contributed by atoms with E-state index in [1.807, 2.05) is 19.9 Å². The third kappa shape index (κ3) is 5.10. The summed E-state index contributed by atoms with van der Waals surface area (Å²) in [5.74, 6) is -0.180. The molecule has 0 unspecified atom stereocenters. The number of piperazine rings is 1. The van der Waals surface area contributed by atoms with E-state index in [1.165, 1.54) is 12.1 Å². The molecule has 1 heterocycles. The van der Waals surface area contributed by atoms with Gasteiger partial charge in [-0.05, 0) is 61.9 Å². The van der Waals surface area contributed by atoms with Crippen LogP contribution in [0.3, 0.4) is 0 Å². The smallest absolute Gasteiger partial charge is 0.263 e. The molecular formula is C21H26ClN3O3S. The van der Waals surface area contributed by atoms with Crippen LogP contribution in [-0.2, 0) is 10.0 Å². The molecule has 1 saturated heterocycles. The molecule has 2 aromatic rings. The molecule has 2 aromatic carbocycles. The summed E-state index contributed by atoms with van der Waals surface area (Å²) in [5, 5.41) is 0.0780. The summed E-state index contributed by atoms with van der Waals surface area (Å²) >= 11 is 6.19. The van der Waals surface area contributed by atoms with Crippen molar-refractivity contribution in [2.24, 2.45) is 0 Å². The Labute approximate surface area is 177 Å². The topological polar surface area (TPSA) is 69.7 Å². The molecule has 0 radical (unpaired) electrons. The summed E-state index contributed by atoms with van der Waals surface area (Å²) < 4.78 is 28.5. The number of halogens is 1. The number of carbonyl (C=O) groups excluding carboxylic acids is 1. The average Bonchev–Trinajstić information content (AvgIpc) is 2.66. The van der Waals surface area contributed by atoms with E-state index in [2.05, 4.69) is 16.5 Å². The van der Waals surface area contributed by atoms with Crippen LogP contribution in [0, 0.1) is 13.8 Å². The van der Waals surface area contributed by atoms with Crippen molar-refractivity contribution in [3.63, 3.8) is 0 Å². The molecule has 0 atom stereocenters. The highest BCUT2D eigenvalue weighted by atomic mass is 35.5. The zero-order valence-electron chi connectivity index (χ0n) is 16.9. The van der Waals surface area contributed by atoms with E-state index < -0.39 is 10.0 Å². The lowest BCUT2D eigenvalue weighted by Crippen LogP contribution is -2.48. The number of hydrogen-bond acceptors (Lipinski definition) is 4. The number of aryl methyl sites for hydroxylation is 2. The summed E-state index contributed by atoms with van der Waals surface area (Å²) in [7, 11) is -3.94. The lowest BCUT2D eigenvalue weighted by atomic mass is 10.1. The Morgan fingerprint density at radius 1 is 1.03 bits per heavy atom. The number of benzene rings is 2. The molecule has 1 fully saturated rings. The zero-order valence-corrected chi connectivity index (χ0v) is 18.5. The maximum atomic E-state index is 13.0. The summed E-state index contributed by atoms with van der Waals surface area (Å²) in [6, 6.07) is 9.87. The van der Waals surface area contributed by atoms with E-state index in [4.69, 9.17) is 11.6 Å². The molecule has 1 aliphatic heterocycles. The number of nitrogens with zero attached hydrogens (tertiary/aromatic N) is 2. The summed E-state index contributed by atoms with van der Waals surface area (Å²) in [6.45, 7) is 9.72. The second-order valence-corrected chi connectivity index (χ2v) is 9.41. The molecular weight excluding hydrogens is 410 g/mol. The standard InChI is InChI=1S/C21H26ClN3O3S/c1-4-24-7-9-25(10-8-24)21(26)17-5-6-19(22)20(14-17)29(27,28)23-18-12-15(2)11-16(3)13-18/h5-6,11-14,23H,4,7-10H2,1-3H3. The Kier molecular flexibility index (Phi) is 6.51. The van der Waals surface area contributed by atoms with Gasteiger partial charge in [0.1, 0.15) is 4.90 Å². The molecule has 0 aromatic heterocycles. The molecule has 156 valence electrons. The minimum Gasteiger partial charge on any atom is -0.336 e. The van der Waals surface area contributed by atoms with Crippen LogP contribution < -0.4 is 4.72 Å². The first-order chi connectivity index (χ1) is 13.7. The first-order valence-electron chi connectivity index (χ1n) is 9.62. The zero-order chi connectivity index (χ0) is 21.2. The quantitative estimate of drug-likeness (QED) is 0.779. The van der Waals surface area contributed by atoms with Crippen molar-refractivity contribution in [3.8, 4) is 0 Å². The van der Waals surface area contributed by atoms with E-state index in [-0.39, 0.29) is 15.8 Å². The van der Waals surface area contributed by atoms with Gasteiger partial charge in [0.2, 0.25) is 0 Å². The molecule has 1 N–H and O–H groups in total. The highest BCUT2D eigenvalue weighted by Crippen LogP contribution is 2.26. The monoisotopic (exact) mass is 435 g/mol. The van der Waals surface area contributed by atoms with Gasteiger partial charge in [0.05, 0.1) is 5.02 Å². The molecule has 6 nitrogen and oxygen atoms in total. The van der Waals surface area contributed by atoms with Gasteiger partial charge in [-0.15, -0.1) is 0 Å². The molecule has 0 bridgehead atoms. The SMILES string of the molecule is CCN1CCN(C(=O)c2ccc(Cl)c(S(=O)(=O)Nc3cc(C)cc(C)c3)c2)CC1. The number of hydrogen-bond donors (Lipinski definition) is 1. The Morgan fingerprint density at radius 3 is 2.24 bits per heavy atom. The second-order valence-electron chi connectivity index (χ2n) is 7.35. The highest BCUT2D eigenvalue weighted by Gasteiger charge is 2.25. The van der Waals surface area contributed by atoms with Crippen molar-refractivity contribution in [1.82, 2.24) is 9.80 Å². The van der Waals surface area contributed by atoms with Gasteiger partial charge >= 0.3 is 0 Å². The fourth-order valence-electron chi connectivity index (χ4n) is 3.54. The van der Waals surface area contributed by atoms with Gasteiger partial charge in [0.15, 0.2) is 0 Å². The van der Waals surface area contributed by atoms with Crippen LogP contribution in [0.15, 0.2) is 41.3 Å². The Morgan fingerprint density at radius 2 is 1.66 bits per heavy atom. The maximum Gasteiger partial charge on any atom is 0.263 e. The van der Waals surface area contributed by atoms with Crippen LogP contribution in [0.25, 0.3) is 0 Å². The van der Waals surface area contributed by atoms with Crippen LogP contribution in [0.1, 0.15) is 28.4 Å². The van der Waals surface area contributed by atoms with Crippen LogP contribution in [0.2, 0.25) is 5.02 Å². The molecule has 29 heavy (non-hydrogen) atoms. The predicted octanol–water partition coefficient (Wildman–Crippen LogP) is 3.54. The Bertz CT molecular complexity index is 996. The lowest BCUT2D eigenvalue weighted by molar-refractivity contribution is 0.0643. The number of rotatable bonds is 5. The number of anilines is 1. The highest BCUT2D eigenvalue weighted by molar-refractivity contribution is 7.92. The van der Waals surface area contributed by atoms with Gasteiger partial charge in [0, 0.05) is 37.4 Å². The molecule has 1 amide bonds. The van der Waals surface area contributed by atoms with Crippen LogP contribution in [0.4, 0.5) is 5.69 Å². The summed E-state index contributed by atoms with van der Waals surface area (Å²) in [6.07, 6.45) is 0. The lowest BCUT2D eigenvalue weighted by Gasteiger charge is -2.34. The normalized spacial score (nSPS) is 15.4. The van der Waals surface area contributed by atoms with Crippen LogP contribution in [-0.4, -0.2) is 56.8 Å². The second kappa shape index (κ2) is 8.73. The Balaban J connectivity index is 1.85. The summed E-state index contributed by atoms with van der Waals surface area (Å²) in [4.78, 5) is 16.8. The first kappa shape index (κ1) is 21.6. The molecule has 0 saturated carbocycles. The van der Waals surface area contributed by atoms with Gasteiger partial charge < -0.3 is 9.80 Å². The van der Waals surface area contributed by atoms with Crippen molar-refractivity contribution in [3.05, 3.63) is 58.1 Å². The third-order valence-electron chi connectivity index (χ3n) is 5.05. The van der Waals surface area contributed by atoms with Crippen molar-refractivity contribution >= 4 is 33.2 Å². The average molecular weight is 436 g/mol. The molecule has 8 heteroatoms. The van der Waals surface area contributed by atoms with Gasteiger partial charge in [0.25, 0.3) is 15.9 Å². The number of carbonyl (C=O) groups is 1. The van der Waals surface area contributed by atoms with E-state index in [0.717, 1.165) is 30.8 Å². The van der Waals surface area contributed by atoms with E-state index in [0.29, 0.717) is 24.3 Å². The fourth-order valence-corrected chi connectivity index (χ4v) is 5.10. The molecule has 0 aliphatic carbocycles. The van der Waals surface area contributed by atoms with Crippen molar-refractivity contribution in [2.45, 2.75) is 25.7 Å². The maximum absolute atomic E-state index is 13.0. The molecule has 1 aliphatic rings. The van der Waals surface area contributed by atoms with Crippen molar-refractivity contribution in [1.29, 1.82) is 0 Å². The largest absolute Gasteiger partial charge is 0.336 e. The molecule has 3 rings (SSSR count). The molecule has 0 spiro atoms. The van der Waals surface area contributed by atoms with Gasteiger partial charge in [-0.2, -0.15) is 0 Å². The number of sulfonamides is 1. The fraction of sp³-hybridized carbons (Fsp3) is 0.381. The van der Waals surface area contributed by atoms with E-state index in [9.17, 15) is 13.2 Å². The van der Waals surface area contributed by atoms with Crippen LogP contribution in [0.5, 0.6) is 0 Å².